The lowest BCUT2D eigenvalue weighted by atomic mass is 9.85. The van der Waals surface area contributed by atoms with Gasteiger partial charge in [0, 0.05) is 22.7 Å². The molecule has 0 heterocycles. The summed E-state index contributed by atoms with van der Waals surface area (Å²) >= 11 is 0. The number of ether oxygens (including phenoxy) is 2. The second-order valence-corrected chi connectivity index (χ2v) is 7.33. The average Bonchev–Trinajstić information content (AvgIpc) is 2.30. The molecule has 0 bridgehead atoms. The van der Waals surface area contributed by atoms with Gasteiger partial charge in [-0.05, 0) is 19.3 Å². The van der Waals surface area contributed by atoms with Crippen molar-refractivity contribution >= 4 is 19.7 Å². The van der Waals surface area contributed by atoms with Crippen molar-refractivity contribution in [2.45, 2.75) is 40.0 Å². The van der Waals surface area contributed by atoms with Crippen LogP contribution in [0, 0.1) is 5.41 Å². The first-order valence-corrected chi connectivity index (χ1v) is 8.94. The van der Waals surface area contributed by atoms with E-state index in [-0.39, 0.29) is 11.2 Å². The first-order chi connectivity index (χ1) is 8.39. The molecule has 18 heavy (non-hydrogen) atoms. The highest BCUT2D eigenvalue weighted by molar-refractivity contribution is 8.13. The van der Waals surface area contributed by atoms with Gasteiger partial charge in [-0.1, -0.05) is 20.8 Å². The lowest BCUT2D eigenvalue weighted by Gasteiger charge is -2.29. The first kappa shape index (κ1) is 18.2. The quantitative estimate of drug-likeness (QED) is 0.435. The Hall–Kier alpha value is 0.160. The fourth-order valence-corrected chi connectivity index (χ4v) is 3.64. The Morgan fingerprint density at radius 3 is 2.00 bits per heavy atom. The fraction of sp³-hybridized carbons (Fsp3) is 1.00. The van der Waals surface area contributed by atoms with Gasteiger partial charge in [0.05, 0.1) is 25.6 Å². The normalized spacial score (nSPS) is 12.9. The molecule has 0 aromatic carbocycles. The molecule has 0 rings (SSSR count). The molecular weight excluding hydrogens is 276 g/mol. The van der Waals surface area contributed by atoms with Crippen LogP contribution in [0.15, 0.2) is 0 Å². The van der Waals surface area contributed by atoms with Gasteiger partial charge in [0.15, 0.2) is 0 Å². The highest BCUT2D eigenvalue weighted by Crippen LogP contribution is 2.30. The summed E-state index contributed by atoms with van der Waals surface area (Å²) in [7, 11) is 1.85. The molecule has 0 aliphatic carbocycles. The van der Waals surface area contributed by atoms with Crippen molar-refractivity contribution in [1.82, 2.24) is 0 Å². The maximum atomic E-state index is 11.2. The van der Waals surface area contributed by atoms with Crippen molar-refractivity contribution in [2.75, 3.05) is 32.2 Å². The van der Waals surface area contributed by atoms with E-state index in [0.717, 1.165) is 25.9 Å². The molecule has 0 fully saturated rings. The second-order valence-electron chi connectivity index (χ2n) is 4.56. The van der Waals surface area contributed by atoms with Gasteiger partial charge < -0.3 is 9.47 Å². The number of rotatable bonds is 11. The Morgan fingerprint density at radius 2 is 1.56 bits per heavy atom. The highest BCUT2D eigenvalue weighted by Gasteiger charge is 2.31. The topological polar surface area (TPSA) is 52.6 Å². The Kier molecular flexibility index (Phi) is 9.21. The summed E-state index contributed by atoms with van der Waals surface area (Å²) in [5, 5.41) is 0. The molecular formula is C12H25ClO4S. The summed E-state index contributed by atoms with van der Waals surface area (Å²) in [4.78, 5) is 0. The van der Waals surface area contributed by atoms with Crippen LogP contribution in [0.2, 0.25) is 0 Å². The Bertz CT molecular complexity index is 299. The van der Waals surface area contributed by atoms with E-state index >= 15 is 0 Å². The van der Waals surface area contributed by atoms with Gasteiger partial charge in [-0.25, -0.2) is 8.42 Å². The van der Waals surface area contributed by atoms with Crippen LogP contribution in [0.1, 0.15) is 40.0 Å². The van der Waals surface area contributed by atoms with E-state index in [2.05, 4.69) is 0 Å². The second kappa shape index (κ2) is 9.13. The van der Waals surface area contributed by atoms with Crippen LogP contribution in [0.3, 0.4) is 0 Å². The van der Waals surface area contributed by atoms with Crippen LogP contribution in [-0.2, 0) is 18.5 Å². The molecule has 6 heteroatoms. The highest BCUT2D eigenvalue weighted by atomic mass is 35.7. The molecule has 4 nitrogen and oxygen atoms in total. The molecule has 0 aliphatic rings. The van der Waals surface area contributed by atoms with E-state index < -0.39 is 9.05 Å². The molecule has 0 atom stereocenters. The zero-order valence-electron chi connectivity index (χ0n) is 11.6. The van der Waals surface area contributed by atoms with Crippen LogP contribution in [0.5, 0.6) is 0 Å². The third-order valence-electron chi connectivity index (χ3n) is 3.11. The molecule has 0 unspecified atom stereocenters. The summed E-state index contributed by atoms with van der Waals surface area (Å²) < 4.78 is 33.3. The minimum absolute atomic E-state index is 0.0373. The predicted octanol–water partition coefficient (Wildman–Crippen LogP) is 2.80. The van der Waals surface area contributed by atoms with E-state index in [1.165, 1.54) is 0 Å². The van der Waals surface area contributed by atoms with Crippen molar-refractivity contribution < 1.29 is 17.9 Å². The van der Waals surface area contributed by atoms with Gasteiger partial charge >= 0.3 is 0 Å². The molecule has 0 spiro atoms. The largest absolute Gasteiger partial charge is 0.379 e. The molecule has 0 aliphatic heterocycles. The smallest absolute Gasteiger partial charge is 0.233 e. The third-order valence-corrected chi connectivity index (χ3v) is 4.39. The zero-order chi connectivity index (χ0) is 14.1. The summed E-state index contributed by atoms with van der Waals surface area (Å²) in [6.45, 7) is 8.14. The molecule has 0 aromatic rings. The molecule has 0 aromatic heterocycles. The minimum atomic E-state index is -3.50. The molecule has 0 radical (unpaired) electrons. The Morgan fingerprint density at radius 1 is 1.00 bits per heavy atom. The molecule has 0 N–H and O–H groups in total. The van der Waals surface area contributed by atoms with Crippen LogP contribution in [-0.4, -0.2) is 40.6 Å². The van der Waals surface area contributed by atoms with Crippen LogP contribution >= 0.6 is 10.7 Å². The summed E-state index contributed by atoms with van der Waals surface area (Å²) in [6.07, 6.45) is 2.44. The number of hydrogen-bond acceptors (Lipinski definition) is 4. The van der Waals surface area contributed by atoms with Crippen molar-refractivity contribution in [3.63, 3.8) is 0 Å². The standard InChI is InChI=1S/C12H25ClO4S/c1-4-7-16-8-9-17-10-12(5-2,6-3)11-18(13,14)15/h4-11H2,1-3H3. The van der Waals surface area contributed by atoms with E-state index in [4.69, 9.17) is 20.2 Å². The first-order valence-electron chi connectivity index (χ1n) is 6.47. The van der Waals surface area contributed by atoms with E-state index in [1.54, 1.807) is 0 Å². The van der Waals surface area contributed by atoms with Crippen molar-refractivity contribution in [3.8, 4) is 0 Å². The lowest BCUT2D eigenvalue weighted by Crippen LogP contribution is -2.33. The molecule has 0 amide bonds. The van der Waals surface area contributed by atoms with Crippen molar-refractivity contribution in [3.05, 3.63) is 0 Å². The van der Waals surface area contributed by atoms with Gasteiger partial charge in [-0.15, -0.1) is 0 Å². The fourth-order valence-electron chi connectivity index (χ4n) is 1.72. The number of hydrogen-bond donors (Lipinski definition) is 0. The summed E-state index contributed by atoms with van der Waals surface area (Å²) in [6, 6.07) is 0. The number of halogens is 1. The van der Waals surface area contributed by atoms with Gasteiger partial charge in [0.1, 0.15) is 0 Å². The van der Waals surface area contributed by atoms with Crippen molar-refractivity contribution in [1.29, 1.82) is 0 Å². The maximum Gasteiger partial charge on any atom is 0.233 e. The maximum absolute atomic E-state index is 11.2. The van der Waals surface area contributed by atoms with Crippen LogP contribution in [0.25, 0.3) is 0 Å². The molecule has 0 saturated heterocycles. The average molecular weight is 301 g/mol. The molecule has 0 saturated carbocycles. The summed E-state index contributed by atoms with van der Waals surface area (Å²) in [5.74, 6) is -0.0373. The van der Waals surface area contributed by atoms with E-state index in [1.807, 2.05) is 20.8 Å². The SMILES string of the molecule is CCCOCCOCC(CC)(CC)CS(=O)(=O)Cl. The van der Waals surface area contributed by atoms with E-state index in [9.17, 15) is 8.42 Å². The molecule has 110 valence electrons. The van der Waals surface area contributed by atoms with Gasteiger partial charge in [-0.3, -0.25) is 0 Å². The van der Waals surface area contributed by atoms with Crippen LogP contribution in [0.4, 0.5) is 0 Å². The van der Waals surface area contributed by atoms with Gasteiger partial charge in [0.25, 0.3) is 0 Å². The van der Waals surface area contributed by atoms with Gasteiger partial charge in [0.2, 0.25) is 9.05 Å². The lowest BCUT2D eigenvalue weighted by molar-refractivity contribution is 0.00855. The van der Waals surface area contributed by atoms with Crippen molar-refractivity contribution in [2.24, 2.45) is 5.41 Å². The zero-order valence-corrected chi connectivity index (χ0v) is 13.1. The monoisotopic (exact) mass is 300 g/mol. The van der Waals surface area contributed by atoms with Crippen LogP contribution < -0.4 is 0 Å². The van der Waals surface area contributed by atoms with E-state index in [0.29, 0.717) is 19.8 Å². The summed E-state index contributed by atoms with van der Waals surface area (Å²) in [5.41, 5.74) is -0.384. The predicted molar refractivity (Wildman–Crippen MR) is 74.6 cm³/mol. The third kappa shape index (κ3) is 8.29. The Labute approximate surface area is 115 Å². The minimum Gasteiger partial charge on any atom is -0.379 e. The van der Waals surface area contributed by atoms with Gasteiger partial charge in [-0.2, -0.15) is 0 Å². The Balaban J connectivity index is 4.11.